The molecule has 2 nitrogen and oxygen atoms in total. The molecule has 0 aliphatic heterocycles. The van der Waals surface area contributed by atoms with Crippen LogP contribution in [-0.2, 0) is 0 Å². The summed E-state index contributed by atoms with van der Waals surface area (Å²) in [5.74, 6) is 0.898. The van der Waals surface area contributed by atoms with Crippen LogP contribution in [0.15, 0.2) is 58.1 Å². The van der Waals surface area contributed by atoms with Crippen molar-refractivity contribution in [3.63, 3.8) is 0 Å². The Balaban J connectivity index is 2.19. The van der Waals surface area contributed by atoms with E-state index in [9.17, 15) is 0 Å². The number of rotatable bonds is 3. The second kappa shape index (κ2) is 4.79. The fourth-order valence-corrected chi connectivity index (χ4v) is 1.64. The average Bonchev–Trinajstić information content (AvgIpc) is 2.83. The maximum absolute atomic E-state index is 5.32. The molecule has 82 valence electrons. The average molecular weight is 213 g/mol. The number of hydrogen-bond acceptors (Lipinski definition) is 2. The van der Waals surface area contributed by atoms with Gasteiger partial charge < -0.3 is 4.42 Å². The summed E-state index contributed by atoms with van der Waals surface area (Å²) in [7, 11) is 0. The third kappa shape index (κ3) is 2.40. The predicted octanol–water partition coefficient (Wildman–Crippen LogP) is 3.85. The van der Waals surface area contributed by atoms with Crippen molar-refractivity contribution in [2.24, 2.45) is 4.99 Å². The summed E-state index contributed by atoms with van der Waals surface area (Å²) in [6, 6.07) is 14.1. The molecule has 0 bridgehead atoms. The summed E-state index contributed by atoms with van der Waals surface area (Å²) in [4.78, 5) is 4.61. The lowest BCUT2D eigenvalue weighted by molar-refractivity contribution is 0.481. The van der Waals surface area contributed by atoms with Crippen molar-refractivity contribution in [3.05, 3.63) is 60.1 Å². The van der Waals surface area contributed by atoms with Gasteiger partial charge in [0.2, 0.25) is 0 Å². The van der Waals surface area contributed by atoms with Gasteiger partial charge in [-0.3, -0.25) is 4.99 Å². The molecule has 0 unspecified atom stereocenters. The molecule has 1 atom stereocenters. The topological polar surface area (TPSA) is 25.5 Å². The highest BCUT2D eigenvalue weighted by atomic mass is 16.3. The smallest absolute Gasteiger partial charge is 0.127 e. The van der Waals surface area contributed by atoms with E-state index in [1.165, 1.54) is 0 Å². The number of benzene rings is 1. The lowest BCUT2D eigenvalue weighted by Gasteiger charge is -2.05. The van der Waals surface area contributed by atoms with Gasteiger partial charge in [-0.05, 0) is 31.5 Å². The molecule has 2 rings (SSSR count). The highest BCUT2D eigenvalue weighted by Gasteiger charge is 2.06. The van der Waals surface area contributed by atoms with Gasteiger partial charge in [0.1, 0.15) is 11.8 Å². The molecule has 0 N–H and O–H groups in total. The van der Waals surface area contributed by atoms with Crippen LogP contribution in [-0.4, -0.2) is 5.71 Å². The van der Waals surface area contributed by atoms with Crippen LogP contribution in [0.1, 0.15) is 31.2 Å². The Hall–Kier alpha value is -1.83. The van der Waals surface area contributed by atoms with Gasteiger partial charge >= 0.3 is 0 Å². The first kappa shape index (κ1) is 10.7. The summed E-state index contributed by atoms with van der Waals surface area (Å²) < 4.78 is 5.32. The van der Waals surface area contributed by atoms with E-state index in [-0.39, 0.29) is 6.04 Å². The number of hydrogen-bond donors (Lipinski definition) is 0. The molecule has 0 saturated carbocycles. The Labute approximate surface area is 95.6 Å². The Morgan fingerprint density at radius 1 is 1.12 bits per heavy atom. The van der Waals surface area contributed by atoms with Crippen molar-refractivity contribution < 1.29 is 4.42 Å². The summed E-state index contributed by atoms with van der Waals surface area (Å²) >= 11 is 0. The Kier molecular flexibility index (Phi) is 3.20. The van der Waals surface area contributed by atoms with Gasteiger partial charge in [-0.15, -0.1) is 0 Å². The normalized spacial score (nSPS) is 13.8. The van der Waals surface area contributed by atoms with Crippen molar-refractivity contribution in [2.45, 2.75) is 19.9 Å². The molecule has 0 radical (unpaired) electrons. The largest absolute Gasteiger partial charge is 0.467 e. The number of nitrogens with zero attached hydrogens (tertiary/aromatic N) is 1. The van der Waals surface area contributed by atoms with Crippen molar-refractivity contribution in [1.82, 2.24) is 0 Å². The maximum atomic E-state index is 5.32. The molecule has 0 aliphatic rings. The minimum absolute atomic E-state index is 0.0650. The Bertz CT molecular complexity index is 457. The van der Waals surface area contributed by atoms with Gasteiger partial charge in [0.05, 0.1) is 6.26 Å². The fourth-order valence-electron chi connectivity index (χ4n) is 1.64. The molecule has 0 spiro atoms. The van der Waals surface area contributed by atoms with Gasteiger partial charge in [-0.1, -0.05) is 30.3 Å². The van der Waals surface area contributed by atoms with E-state index < -0.39 is 0 Å². The van der Waals surface area contributed by atoms with Crippen LogP contribution >= 0.6 is 0 Å². The molecule has 2 aromatic rings. The zero-order valence-electron chi connectivity index (χ0n) is 9.55. The zero-order chi connectivity index (χ0) is 11.4. The lowest BCUT2D eigenvalue weighted by Crippen LogP contribution is -1.97. The van der Waals surface area contributed by atoms with E-state index in [0.717, 1.165) is 17.0 Å². The van der Waals surface area contributed by atoms with Gasteiger partial charge in [0.25, 0.3) is 0 Å². The second-order valence-corrected chi connectivity index (χ2v) is 3.77. The first-order valence-electron chi connectivity index (χ1n) is 5.40. The summed E-state index contributed by atoms with van der Waals surface area (Å²) in [6.07, 6.45) is 1.68. The minimum Gasteiger partial charge on any atom is -0.467 e. The third-order valence-electron chi connectivity index (χ3n) is 2.53. The highest BCUT2D eigenvalue weighted by Crippen LogP contribution is 2.18. The van der Waals surface area contributed by atoms with Crippen LogP contribution in [0.2, 0.25) is 0 Å². The van der Waals surface area contributed by atoms with Gasteiger partial charge in [0, 0.05) is 5.71 Å². The first-order chi connectivity index (χ1) is 7.77. The van der Waals surface area contributed by atoms with Gasteiger partial charge in [-0.2, -0.15) is 0 Å². The standard InChI is InChI=1S/C14H15NO/c1-11(13-7-4-3-5-8-13)15-12(2)14-9-6-10-16-14/h3-10,12H,1-2H3/b15-11+/t12-/m1/s1. The van der Waals surface area contributed by atoms with Crippen molar-refractivity contribution in [1.29, 1.82) is 0 Å². The SMILES string of the molecule is C/C(=N\[C@H](C)c1ccco1)c1ccccc1. The van der Waals surface area contributed by atoms with Crippen LogP contribution in [0.3, 0.4) is 0 Å². The molecule has 1 aromatic carbocycles. The number of furan rings is 1. The Morgan fingerprint density at radius 2 is 1.88 bits per heavy atom. The minimum atomic E-state index is 0.0650. The molecule has 0 saturated heterocycles. The molecule has 16 heavy (non-hydrogen) atoms. The van der Waals surface area contributed by atoms with Crippen LogP contribution < -0.4 is 0 Å². The molecule has 1 aromatic heterocycles. The molecule has 0 amide bonds. The summed E-state index contributed by atoms with van der Waals surface area (Å²) in [6.45, 7) is 4.06. The van der Waals surface area contributed by atoms with E-state index >= 15 is 0 Å². The van der Waals surface area contributed by atoms with E-state index in [1.807, 2.05) is 44.2 Å². The molecule has 2 heteroatoms. The van der Waals surface area contributed by atoms with Crippen molar-refractivity contribution >= 4 is 5.71 Å². The van der Waals surface area contributed by atoms with E-state index in [2.05, 4.69) is 17.1 Å². The maximum Gasteiger partial charge on any atom is 0.127 e. The van der Waals surface area contributed by atoms with E-state index in [4.69, 9.17) is 4.42 Å². The molecule has 1 heterocycles. The van der Waals surface area contributed by atoms with Crippen LogP contribution in [0, 0.1) is 0 Å². The van der Waals surface area contributed by atoms with Crippen molar-refractivity contribution in [2.75, 3.05) is 0 Å². The molecule has 0 aliphatic carbocycles. The number of aliphatic imine (C=N–C) groups is 1. The second-order valence-electron chi connectivity index (χ2n) is 3.77. The predicted molar refractivity (Wildman–Crippen MR) is 65.8 cm³/mol. The molecule has 0 fully saturated rings. The first-order valence-corrected chi connectivity index (χ1v) is 5.40. The summed E-state index contributed by atoms with van der Waals surface area (Å²) in [5.41, 5.74) is 2.19. The molecular weight excluding hydrogens is 198 g/mol. The van der Waals surface area contributed by atoms with Crippen LogP contribution in [0.4, 0.5) is 0 Å². The van der Waals surface area contributed by atoms with E-state index in [1.54, 1.807) is 6.26 Å². The van der Waals surface area contributed by atoms with Crippen molar-refractivity contribution in [3.8, 4) is 0 Å². The van der Waals surface area contributed by atoms with Gasteiger partial charge in [-0.25, -0.2) is 0 Å². The quantitative estimate of drug-likeness (QED) is 0.711. The van der Waals surface area contributed by atoms with E-state index in [0.29, 0.717) is 0 Å². The highest BCUT2D eigenvalue weighted by molar-refractivity contribution is 5.98. The monoisotopic (exact) mass is 213 g/mol. The molecular formula is C14H15NO. The zero-order valence-corrected chi connectivity index (χ0v) is 9.55. The third-order valence-corrected chi connectivity index (χ3v) is 2.53. The van der Waals surface area contributed by atoms with Gasteiger partial charge in [0.15, 0.2) is 0 Å². The summed E-state index contributed by atoms with van der Waals surface area (Å²) in [5, 5.41) is 0. The van der Waals surface area contributed by atoms with Crippen LogP contribution in [0.5, 0.6) is 0 Å². The fraction of sp³-hybridized carbons (Fsp3) is 0.214. The lowest BCUT2D eigenvalue weighted by atomic mass is 10.1. The Morgan fingerprint density at radius 3 is 2.50 bits per heavy atom. The van der Waals surface area contributed by atoms with Crippen LogP contribution in [0.25, 0.3) is 0 Å².